The minimum absolute atomic E-state index is 0.651. The van der Waals surface area contributed by atoms with Gasteiger partial charge in [-0.25, -0.2) is 0 Å². The van der Waals surface area contributed by atoms with Crippen molar-refractivity contribution in [1.82, 2.24) is 10.2 Å². The molecule has 6 atom stereocenters. The molecule has 2 aromatic carbocycles. The van der Waals surface area contributed by atoms with Gasteiger partial charge in [-0.2, -0.15) is 0 Å². The summed E-state index contributed by atoms with van der Waals surface area (Å²) < 4.78 is 0. The van der Waals surface area contributed by atoms with Crippen LogP contribution in [0.1, 0.15) is 101 Å². The molecule has 0 aromatic heterocycles. The first kappa shape index (κ1) is 30.9. The van der Waals surface area contributed by atoms with Crippen molar-refractivity contribution in [3.05, 3.63) is 76.4 Å². The van der Waals surface area contributed by atoms with Crippen LogP contribution in [0, 0.1) is 23.7 Å². The quantitative estimate of drug-likeness (QED) is 0.284. The van der Waals surface area contributed by atoms with E-state index < -0.39 is 0 Å². The summed E-state index contributed by atoms with van der Waals surface area (Å²) in [6, 6.07) is 18.1. The molecule has 1 N–H and O–H groups in total. The maximum absolute atomic E-state index is 3.78. The zero-order valence-electron chi connectivity index (χ0n) is 27.8. The summed E-state index contributed by atoms with van der Waals surface area (Å²) in [5.41, 5.74) is 9.37. The Morgan fingerprint density at radius 2 is 1.77 bits per heavy atom. The Morgan fingerprint density at radius 3 is 2.58 bits per heavy atom. The topological polar surface area (TPSA) is 18.5 Å². The molecule has 1 aliphatic carbocycles. The monoisotopic (exact) mass is 581 g/mol. The van der Waals surface area contributed by atoms with E-state index in [2.05, 4.69) is 91.4 Å². The van der Waals surface area contributed by atoms with Gasteiger partial charge in [0, 0.05) is 31.4 Å². The molecule has 0 bridgehead atoms. The minimum Gasteiger partial charge on any atom is -0.371 e. The number of hydrogen-bond acceptors (Lipinski definition) is 3. The Morgan fingerprint density at radius 1 is 0.930 bits per heavy atom. The molecule has 43 heavy (non-hydrogen) atoms. The summed E-state index contributed by atoms with van der Waals surface area (Å²) in [5.74, 6) is 3.62. The van der Waals surface area contributed by atoms with Gasteiger partial charge in [0.15, 0.2) is 0 Å². The molecule has 3 aliphatic heterocycles. The normalized spacial score (nSPS) is 29.9. The van der Waals surface area contributed by atoms with Crippen LogP contribution < -0.4 is 10.2 Å². The smallest absolute Gasteiger partial charge is 0.0401 e. The highest BCUT2D eigenvalue weighted by atomic mass is 15.2. The molecule has 2 saturated heterocycles. The van der Waals surface area contributed by atoms with Crippen LogP contribution in [0.2, 0.25) is 0 Å². The number of rotatable bonds is 10. The molecular formula is C40H59N3. The molecule has 3 heteroatoms. The Hall–Kier alpha value is -2.10. The molecule has 6 unspecified atom stereocenters. The summed E-state index contributed by atoms with van der Waals surface area (Å²) >= 11 is 0. The van der Waals surface area contributed by atoms with Gasteiger partial charge in [0.1, 0.15) is 0 Å². The van der Waals surface area contributed by atoms with E-state index in [4.69, 9.17) is 0 Å². The van der Waals surface area contributed by atoms with Crippen LogP contribution in [0.4, 0.5) is 5.69 Å². The number of nitrogens with one attached hydrogen (secondary N) is 1. The fourth-order valence-electron chi connectivity index (χ4n) is 9.32. The zero-order chi connectivity index (χ0) is 29.8. The van der Waals surface area contributed by atoms with E-state index in [9.17, 15) is 0 Å². The lowest BCUT2D eigenvalue weighted by Gasteiger charge is -2.38. The summed E-state index contributed by atoms with van der Waals surface area (Å²) in [7, 11) is 0. The highest BCUT2D eigenvalue weighted by Gasteiger charge is 2.34. The van der Waals surface area contributed by atoms with Gasteiger partial charge in [-0.15, -0.1) is 0 Å². The van der Waals surface area contributed by atoms with Gasteiger partial charge < -0.3 is 10.2 Å². The van der Waals surface area contributed by atoms with Gasteiger partial charge in [0.2, 0.25) is 0 Å². The van der Waals surface area contributed by atoms with Gasteiger partial charge in [-0.3, -0.25) is 4.90 Å². The molecule has 6 rings (SSSR count). The van der Waals surface area contributed by atoms with Crippen molar-refractivity contribution in [2.24, 2.45) is 23.7 Å². The van der Waals surface area contributed by atoms with Crippen molar-refractivity contribution >= 4 is 5.69 Å². The summed E-state index contributed by atoms with van der Waals surface area (Å²) in [4.78, 5) is 5.47. The molecule has 4 aliphatic rings. The second kappa shape index (κ2) is 14.3. The van der Waals surface area contributed by atoms with Gasteiger partial charge >= 0.3 is 0 Å². The molecule has 0 radical (unpaired) electrons. The third-order valence-corrected chi connectivity index (χ3v) is 11.6. The first-order chi connectivity index (χ1) is 21.0. The average molecular weight is 582 g/mol. The van der Waals surface area contributed by atoms with Crippen molar-refractivity contribution < 1.29 is 0 Å². The fraction of sp³-hybridized carbons (Fsp3) is 0.650. The number of anilines is 1. The highest BCUT2D eigenvalue weighted by molar-refractivity contribution is 5.57. The Labute approximate surface area is 263 Å². The van der Waals surface area contributed by atoms with Crippen LogP contribution in [0.3, 0.4) is 0 Å². The highest BCUT2D eigenvalue weighted by Crippen LogP contribution is 2.38. The number of unbranched alkanes of at least 4 members (excludes halogenated alkanes) is 1. The first-order valence-corrected chi connectivity index (χ1v) is 18.1. The number of allylic oxidation sites excluding steroid dienone is 1. The lowest BCUT2D eigenvalue weighted by atomic mass is 9.73. The Bertz CT molecular complexity index is 1210. The largest absolute Gasteiger partial charge is 0.371 e. The second-order valence-corrected chi connectivity index (χ2v) is 14.9. The summed E-state index contributed by atoms with van der Waals surface area (Å²) in [6.07, 6.45) is 15.3. The average Bonchev–Trinajstić information content (AvgIpc) is 3.47. The third kappa shape index (κ3) is 7.25. The maximum Gasteiger partial charge on any atom is 0.0401 e. The molecule has 3 nitrogen and oxygen atoms in total. The number of benzene rings is 2. The van der Waals surface area contributed by atoms with E-state index >= 15 is 0 Å². The predicted octanol–water partition coefficient (Wildman–Crippen LogP) is 8.42. The van der Waals surface area contributed by atoms with Gasteiger partial charge in [-0.1, -0.05) is 75.2 Å². The molecule has 2 fully saturated rings. The van der Waals surface area contributed by atoms with Crippen molar-refractivity contribution in [2.75, 3.05) is 44.2 Å². The second-order valence-electron chi connectivity index (χ2n) is 14.9. The van der Waals surface area contributed by atoms with Gasteiger partial charge in [0.25, 0.3) is 0 Å². The molecule has 0 amide bonds. The van der Waals surface area contributed by atoms with Crippen molar-refractivity contribution in [1.29, 1.82) is 0 Å². The minimum atomic E-state index is 0.651. The molecule has 234 valence electrons. The lowest BCUT2D eigenvalue weighted by molar-refractivity contribution is 0.192. The van der Waals surface area contributed by atoms with Crippen molar-refractivity contribution in [2.45, 2.75) is 104 Å². The molecule has 0 saturated carbocycles. The van der Waals surface area contributed by atoms with Crippen LogP contribution in [0.5, 0.6) is 0 Å². The van der Waals surface area contributed by atoms with E-state index in [1.54, 1.807) is 22.3 Å². The van der Waals surface area contributed by atoms with E-state index in [1.807, 2.05) is 0 Å². The summed E-state index contributed by atoms with van der Waals surface area (Å²) in [6.45, 7) is 16.9. The van der Waals surface area contributed by atoms with E-state index in [1.165, 1.54) is 102 Å². The van der Waals surface area contributed by atoms with E-state index in [0.29, 0.717) is 23.8 Å². The maximum atomic E-state index is 3.78. The van der Waals surface area contributed by atoms with Crippen LogP contribution in [0.25, 0.3) is 0 Å². The number of likely N-dealkylation sites (tertiary alicyclic amines) is 1. The first-order valence-electron chi connectivity index (χ1n) is 18.1. The number of nitrogens with zero attached hydrogens (tertiary/aromatic N) is 2. The number of piperidine rings is 1. The van der Waals surface area contributed by atoms with Crippen LogP contribution in [-0.2, 0) is 19.3 Å². The lowest BCUT2D eigenvalue weighted by Crippen LogP contribution is -2.41. The van der Waals surface area contributed by atoms with E-state index in [0.717, 1.165) is 24.9 Å². The SMILES string of the molecule is CCCCN1CCCc2ccc(CCC3CNCC(C)C3c3ccc(CC4CCN(C5C(C)=CCCC5C)C4)cc3)cc21. The molecule has 3 heterocycles. The Balaban J connectivity index is 1.07. The predicted molar refractivity (Wildman–Crippen MR) is 184 cm³/mol. The number of fused-ring (bicyclic) bond motifs is 1. The van der Waals surface area contributed by atoms with Gasteiger partial charge in [-0.05, 0) is 142 Å². The van der Waals surface area contributed by atoms with Crippen molar-refractivity contribution in [3.8, 4) is 0 Å². The van der Waals surface area contributed by atoms with Crippen LogP contribution >= 0.6 is 0 Å². The zero-order valence-corrected chi connectivity index (χ0v) is 27.8. The fourth-order valence-corrected chi connectivity index (χ4v) is 9.32. The third-order valence-electron chi connectivity index (χ3n) is 11.6. The molecule has 2 aromatic rings. The standard InChI is InChI=1S/C40H59N3/c1-5-6-21-42-22-8-11-35-16-12-33(25-38(35)42)15-19-37-27-41-26-31(4)39(37)36-17-13-32(14-18-36)24-34-20-23-43(28-34)40-29(2)9-7-10-30(40)3/h9,12-14,16-18,25,30-31,34,37,39-41H,5-8,10-11,15,19-24,26-28H2,1-4H3. The van der Waals surface area contributed by atoms with Crippen LogP contribution in [0.15, 0.2) is 54.1 Å². The molecular weight excluding hydrogens is 522 g/mol. The summed E-state index contributed by atoms with van der Waals surface area (Å²) in [5, 5.41) is 3.78. The van der Waals surface area contributed by atoms with Crippen molar-refractivity contribution in [3.63, 3.8) is 0 Å². The Kier molecular flexibility index (Phi) is 10.3. The molecule has 0 spiro atoms. The van der Waals surface area contributed by atoms with E-state index in [-0.39, 0.29) is 0 Å². The van der Waals surface area contributed by atoms with Crippen LogP contribution in [-0.4, -0.2) is 50.2 Å². The number of hydrogen-bond donors (Lipinski definition) is 1. The number of aryl methyl sites for hydroxylation is 2. The van der Waals surface area contributed by atoms with Gasteiger partial charge in [0.05, 0.1) is 0 Å².